The van der Waals surface area contributed by atoms with Gasteiger partial charge in [-0.05, 0) is 142 Å². The summed E-state index contributed by atoms with van der Waals surface area (Å²) in [5, 5.41) is 14.3. The van der Waals surface area contributed by atoms with E-state index < -0.39 is 0 Å². The number of nitrogens with zero attached hydrogens (tertiary/aromatic N) is 1. The van der Waals surface area contributed by atoms with E-state index in [1.807, 2.05) is 0 Å². The Hall–Kier alpha value is -11.3. The number of ether oxygens (including phenoxy) is 1. The molecule has 400 valence electrons. The minimum Gasteiger partial charge on any atom is -0.456 e. The molecule has 2 aliphatic rings. The Kier molecular flexibility index (Phi) is 10.8. The molecule has 0 radical (unpaired) electrons. The van der Waals surface area contributed by atoms with Crippen LogP contribution in [0.4, 0.5) is 0 Å². The van der Waals surface area contributed by atoms with Gasteiger partial charge < -0.3 is 13.7 Å². The van der Waals surface area contributed by atoms with Crippen molar-refractivity contribution >= 4 is 92.4 Å². The summed E-state index contributed by atoms with van der Waals surface area (Å²) in [6, 6.07) is 102. The SMILES string of the molecule is C1=CC2C=C(Oc3c(-c4ccc5c(c4)c4cc(-c6cccc7c6oc6c(-c8ccc9ccccc9c8)cccc67)ccc4n5-c4ccc(-c5c6ccccc6c(-c6ccccc6)c6ccccc56)cc4)cccc32)C(c2ccc3ccccc3c2)=C1. The summed E-state index contributed by atoms with van der Waals surface area (Å²) < 4.78 is 16.8. The van der Waals surface area contributed by atoms with Crippen LogP contribution in [-0.4, -0.2) is 4.57 Å². The molecule has 1 atom stereocenters. The normalized spacial score (nSPS) is 13.9. The van der Waals surface area contributed by atoms with Gasteiger partial charge in [-0.1, -0.05) is 249 Å². The van der Waals surface area contributed by atoms with Crippen LogP contribution in [0.3, 0.4) is 0 Å². The highest BCUT2D eigenvalue weighted by atomic mass is 16.5. The van der Waals surface area contributed by atoms with Gasteiger partial charge >= 0.3 is 0 Å². The summed E-state index contributed by atoms with van der Waals surface area (Å²) in [5.74, 6) is 1.82. The van der Waals surface area contributed by atoms with Gasteiger partial charge in [-0.2, -0.15) is 0 Å². The van der Waals surface area contributed by atoms with Gasteiger partial charge in [0, 0.05) is 61.0 Å². The van der Waals surface area contributed by atoms with Crippen molar-refractivity contribution in [2.75, 3.05) is 0 Å². The lowest BCUT2D eigenvalue weighted by Crippen LogP contribution is -2.10. The van der Waals surface area contributed by atoms with Crippen molar-refractivity contribution in [1.82, 2.24) is 4.57 Å². The van der Waals surface area contributed by atoms with E-state index in [4.69, 9.17) is 9.15 Å². The molecular weight excluding hydrogens is 1040 g/mol. The second-order valence-electron chi connectivity index (χ2n) is 23.0. The number of allylic oxidation sites excluding steroid dienone is 5. The summed E-state index contributed by atoms with van der Waals surface area (Å²) in [6.45, 7) is 0. The Morgan fingerprint density at radius 2 is 0.791 bits per heavy atom. The van der Waals surface area contributed by atoms with Crippen LogP contribution in [-0.2, 0) is 0 Å². The first-order valence-electron chi connectivity index (χ1n) is 29.7. The molecule has 3 nitrogen and oxygen atoms in total. The minimum atomic E-state index is 0.0569. The van der Waals surface area contributed by atoms with Crippen molar-refractivity contribution in [2.45, 2.75) is 5.92 Å². The van der Waals surface area contributed by atoms with Gasteiger partial charge in [0.2, 0.25) is 0 Å². The standard InChI is InChI=1S/C83H51NO2/c1-2-18-53(19-3-1)79-68-23-8-10-25-70(68)80(71-26-11-9-24-69(71)79)54-38-42-62(43-39-54)84-76-44-40-60(66-29-13-28-64-57-22-12-27-63(78(50-57)85-81(64)66)58-36-34-51-16-4-6-20-55(51)46-58)48-74(76)75-49-61(41-45-77(75)84)67-31-15-33-73-72-32-14-30-65(82(72)86-83(67)73)59-37-35-52-17-5-7-21-56(52)47-59/h1-50,57H. The Morgan fingerprint density at radius 3 is 1.41 bits per heavy atom. The van der Waals surface area contributed by atoms with Gasteiger partial charge in [0.15, 0.2) is 0 Å². The third-order valence-corrected chi connectivity index (χ3v) is 18.2. The van der Waals surface area contributed by atoms with Crippen molar-refractivity contribution < 1.29 is 9.15 Å². The molecular formula is C83H51NO2. The van der Waals surface area contributed by atoms with Crippen LogP contribution in [0.2, 0.25) is 0 Å². The van der Waals surface area contributed by atoms with Crippen LogP contribution < -0.4 is 4.74 Å². The van der Waals surface area contributed by atoms with Crippen LogP contribution in [0, 0.1) is 0 Å². The Bertz CT molecular complexity index is 5560. The first-order chi connectivity index (χ1) is 42.6. The molecule has 0 saturated heterocycles. The number of para-hydroxylation sites is 3. The zero-order valence-corrected chi connectivity index (χ0v) is 46.7. The number of hydrogen-bond acceptors (Lipinski definition) is 2. The van der Waals surface area contributed by atoms with Crippen LogP contribution in [0.1, 0.15) is 17.0 Å². The van der Waals surface area contributed by atoms with Gasteiger partial charge in [-0.15, -0.1) is 0 Å². The maximum atomic E-state index is 7.19. The predicted molar refractivity (Wildman–Crippen MR) is 360 cm³/mol. The Balaban J connectivity index is 0.803. The maximum Gasteiger partial charge on any atom is 0.143 e. The van der Waals surface area contributed by atoms with Crippen molar-refractivity contribution in [3.8, 4) is 67.1 Å². The average molecular weight is 1090 g/mol. The molecule has 0 saturated carbocycles. The molecule has 16 aromatic rings. The molecule has 2 bridgehead atoms. The van der Waals surface area contributed by atoms with Crippen molar-refractivity contribution in [3.05, 3.63) is 320 Å². The summed E-state index contributed by atoms with van der Waals surface area (Å²) in [5.41, 5.74) is 19.8. The fourth-order valence-corrected chi connectivity index (χ4v) is 14.2. The molecule has 0 amide bonds. The quantitative estimate of drug-likeness (QED) is 0.149. The highest BCUT2D eigenvalue weighted by Crippen LogP contribution is 2.49. The van der Waals surface area contributed by atoms with Crippen LogP contribution in [0.25, 0.3) is 154 Å². The van der Waals surface area contributed by atoms with Crippen molar-refractivity contribution in [1.29, 1.82) is 0 Å². The number of benzene rings is 14. The first kappa shape index (κ1) is 48.3. The van der Waals surface area contributed by atoms with Gasteiger partial charge in [0.05, 0.1) is 11.0 Å². The Morgan fingerprint density at radius 1 is 0.326 bits per heavy atom. The summed E-state index contributed by atoms with van der Waals surface area (Å²) in [4.78, 5) is 0. The minimum absolute atomic E-state index is 0.0569. The van der Waals surface area contributed by atoms with E-state index in [9.17, 15) is 0 Å². The van der Waals surface area contributed by atoms with Crippen molar-refractivity contribution in [2.24, 2.45) is 0 Å². The maximum absolute atomic E-state index is 7.19. The van der Waals surface area contributed by atoms with E-state index >= 15 is 0 Å². The van der Waals surface area contributed by atoms with E-state index in [-0.39, 0.29) is 5.92 Å². The molecule has 86 heavy (non-hydrogen) atoms. The molecule has 1 aliphatic heterocycles. The molecule has 3 heterocycles. The van der Waals surface area contributed by atoms with Crippen molar-refractivity contribution in [3.63, 3.8) is 0 Å². The highest BCUT2D eigenvalue weighted by molar-refractivity contribution is 6.22. The van der Waals surface area contributed by atoms with E-state index in [2.05, 4.69) is 308 Å². The third kappa shape index (κ3) is 7.55. The smallest absolute Gasteiger partial charge is 0.143 e. The van der Waals surface area contributed by atoms with Crippen LogP contribution in [0.5, 0.6) is 5.75 Å². The van der Waals surface area contributed by atoms with E-state index in [1.54, 1.807) is 0 Å². The van der Waals surface area contributed by atoms with Gasteiger partial charge in [0.25, 0.3) is 0 Å². The highest BCUT2D eigenvalue weighted by Gasteiger charge is 2.28. The molecule has 18 rings (SSSR count). The second kappa shape index (κ2) is 19.1. The predicted octanol–water partition coefficient (Wildman–Crippen LogP) is 22.6. The second-order valence-corrected chi connectivity index (χ2v) is 23.0. The lowest BCUT2D eigenvalue weighted by atomic mass is 9.86. The molecule has 3 heteroatoms. The molecule has 1 unspecified atom stereocenters. The lowest BCUT2D eigenvalue weighted by molar-refractivity contribution is 0.431. The third-order valence-electron chi connectivity index (χ3n) is 18.2. The lowest BCUT2D eigenvalue weighted by Gasteiger charge is -2.26. The van der Waals surface area contributed by atoms with E-state index in [0.717, 1.165) is 111 Å². The zero-order chi connectivity index (χ0) is 56.4. The number of furan rings is 1. The number of fused-ring (bicyclic) bond motifs is 13. The number of hydrogen-bond donors (Lipinski definition) is 0. The summed E-state index contributed by atoms with van der Waals surface area (Å²) >= 11 is 0. The van der Waals surface area contributed by atoms with Crippen LogP contribution >= 0.6 is 0 Å². The van der Waals surface area contributed by atoms with Gasteiger partial charge in [0.1, 0.15) is 22.7 Å². The molecule has 0 N–H and O–H groups in total. The molecule has 2 aromatic heterocycles. The monoisotopic (exact) mass is 1090 g/mol. The Labute approximate surface area is 496 Å². The fraction of sp³-hybridized carbons (Fsp3) is 0.0120. The topological polar surface area (TPSA) is 27.3 Å². The van der Waals surface area contributed by atoms with Crippen LogP contribution in [0.15, 0.2) is 314 Å². The molecule has 14 aromatic carbocycles. The van der Waals surface area contributed by atoms with E-state index in [0.29, 0.717) is 0 Å². The summed E-state index contributed by atoms with van der Waals surface area (Å²) in [7, 11) is 0. The van der Waals surface area contributed by atoms with E-state index in [1.165, 1.54) is 65.3 Å². The molecule has 1 aliphatic carbocycles. The van der Waals surface area contributed by atoms with Gasteiger partial charge in [-0.25, -0.2) is 0 Å². The average Bonchev–Trinajstić information content (AvgIpc) is 1.56. The number of aromatic nitrogens is 1. The molecule has 0 spiro atoms. The fourth-order valence-electron chi connectivity index (χ4n) is 14.2. The first-order valence-corrected chi connectivity index (χ1v) is 29.7. The molecule has 0 fully saturated rings. The largest absolute Gasteiger partial charge is 0.456 e. The zero-order valence-electron chi connectivity index (χ0n) is 46.7. The summed E-state index contributed by atoms with van der Waals surface area (Å²) in [6.07, 6.45) is 8.96. The van der Waals surface area contributed by atoms with Gasteiger partial charge in [-0.3, -0.25) is 0 Å². The number of rotatable bonds is 7.